The van der Waals surface area contributed by atoms with Gasteiger partial charge in [0.05, 0.1) is 29.7 Å². The van der Waals surface area contributed by atoms with Crippen LogP contribution in [0.1, 0.15) is 76.1 Å². The van der Waals surface area contributed by atoms with Crippen LogP contribution in [-0.4, -0.2) is 104 Å². The maximum atomic E-state index is 14.8. The van der Waals surface area contributed by atoms with Crippen molar-refractivity contribution < 1.29 is 26.0 Å². The third-order valence-electron chi connectivity index (χ3n) is 11.4. The van der Waals surface area contributed by atoms with Gasteiger partial charge in [0, 0.05) is 78.3 Å². The summed E-state index contributed by atoms with van der Waals surface area (Å²) in [6.07, 6.45) is 6.30. The predicted octanol–water partition coefficient (Wildman–Crippen LogP) is 6.85. The normalized spacial score (nSPS) is 17.0. The highest BCUT2D eigenvalue weighted by molar-refractivity contribution is 7.88. The number of aromatic nitrogens is 12. The fraction of sp³-hybridized carbons (Fsp3) is 0.349. The molecule has 2 saturated heterocycles. The van der Waals surface area contributed by atoms with Crippen molar-refractivity contribution in [3.05, 3.63) is 108 Å². The molecule has 2 aromatic carbocycles. The van der Waals surface area contributed by atoms with Crippen LogP contribution in [0.2, 0.25) is 0 Å². The molecule has 332 valence electrons. The van der Waals surface area contributed by atoms with Crippen LogP contribution in [0.25, 0.3) is 56.3 Å². The van der Waals surface area contributed by atoms with Gasteiger partial charge in [-0.05, 0) is 67.9 Å². The van der Waals surface area contributed by atoms with Crippen LogP contribution >= 0.6 is 0 Å². The van der Waals surface area contributed by atoms with Gasteiger partial charge in [-0.3, -0.25) is 9.36 Å². The first-order valence-corrected chi connectivity index (χ1v) is 22.7. The molecule has 64 heavy (non-hydrogen) atoms. The van der Waals surface area contributed by atoms with Gasteiger partial charge in [-0.2, -0.15) is 33.7 Å². The van der Waals surface area contributed by atoms with E-state index in [1.165, 1.54) is 34.8 Å². The second-order valence-corrected chi connectivity index (χ2v) is 18.6. The molecule has 8 aromatic rings. The first kappa shape index (κ1) is 42.8. The minimum absolute atomic E-state index is 0.0787. The number of sulfonamides is 1. The van der Waals surface area contributed by atoms with E-state index in [2.05, 4.69) is 41.0 Å². The van der Waals surface area contributed by atoms with Crippen LogP contribution < -0.4 is 5.32 Å². The van der Waals surface area contributed by atoms with Gasteiger partial charge >= 0.3 is 0 Å². The van der Waals surface area contributed by atoms with E-state index in [4.69, 9.17) is 5.10 Å². The zero-order valence-corrected chi connectivity index (χ0v) is 36.3. The number of rotatable bonds is 9. The lowest BCUT2D eigenvalue weighted by Gasteiger charge is -2.13. The molecule has 16 nitrogen and oxygen atoms in total. The number of benzene rings is 2. The van der Waals surface area contributed by atoms with E-state index in [0.29, 0.717) is 64.0 Å². The Balaban J connectivity index is 0.000000163. The van der Waals surface area contributed by atoms with Gasteiger partial charge in [0.2, 0.25) is 10.0 Å². The minimum Gasteiger partial charge on any atom is -0.315 e. The fourth-order valence-electron chi connectivity index (χ4n) is 8.00. The third kappa shape index (κ3) is 8.25. The Kier molecular flexibility index (Phi) is 11.3. The molecule has 8 heterocycles. The number of halogens is 4. The van der Waals surface area contributed by atoms with Gasteiger partial charge in [0.25, 0.3) is 0 Å². The molecule has 6 aromatic heterocycles. The Labute approximate surface area is 365 Å². The molecule has 21 heteroatoms. The molecule has 0 amide bonds. The summed E-state index contributed by atoms with van der Waals surface area (Å²) < 4.78 is 88.7. The highest BCUT2D eigenvalue weighted by atomic mass is 32.2. The van der Waals surface area contributed by atoms with Gasteiger partial charge in [-0.25, -0.2) is 26.0 Å². The van der Waals surface area contributed by atoms with Gasteiger partial charge in [0.1, 0.15) is 34.7 Å². The van der Waals surface area contributed by atoms with Gasteiger partial charge in [-0.15, -0.1) is 20.4 Å². The van der Waals surface area contributed by atoms with E-state index < -0.39 is 33.3 Å². The quantitative estimate of drug-likeness (QED) is 0.150. The molecule has 2 aliphatic rings. The topological polar surface area (TPSA) is 171 Å². The molecule has 2 fully saturated rings. The molecule has 2 aliphatic heterocycles. The first-order chi connectivity index (χ1) is 30.6. The number of nitrogens with one attached hydrogen (secondary N) is 1. The van der Waals surface area contributed by atoms with Gasteiger partial charge in [0.15, 0.2) is 22.9 Å². The van der Waals surface area contributed by atoms with Crippen LogP contribution in [0.3, 0.4) is 0 Å². The van der Waals surface area contributed by atoms with Crippen LogP contribution in [0, 0.1) is 23.3 Å². The van der Waals surface area contributed by atoms with Crippen molar-refractivity contribution in [2.45, 2.75) is 64.5 Å². The molecule has 2 atom stereocenters. The Morgan fingerprint density at radius 2 is 1.12 bits per heavy atom. The van der Waals surface area contributed by atoms with Gasteiger partial charge in [-0.1, -0.05) is 27.7 Å². The summed E-state index contributed by atoms with van der Waals surface area (Å²) in [6, 6.07) is 14.0. The second-order valence-electron chi connectivity index (χ2n) is 16.6. The average molecular weight is 897 g/mol. The van der Waals surface area contributed by atoms with Crippen LogP contribution in [-0.2, 0) is 10.0 Å². The van der Waals surface area contributed by atoms with Crippen molar-refractivity contribution in [2.75, 3.05) is 32.4 Å². The summed E-state index contributed by atoms with van der Waals surface area (Å²) in [7, 11) is -3.33. The summed E-state index contributed by atoms with van der Waals surface area (Å²) in [4.78, 5) is 0. The lowest BCUT2D eigenvalue weighted by molar-refractivity contribution is 0.438. The summed E-state index contributed by atoms with van der Waals surface area (Å²) in [5, 5.41) is 38.8. The van der Waals surface area contributed by atoms with E-state index in [1.54, 1.807) is 32.0 Å². The number of hydrogen-bond acceptors (Lipinski definition) is 11. The lowest BCUT2D eigenvalue weighted by Crippen LogP contribution is -2.28. The van der Waals surface area contributed by atoms with Gasteiger partial charge < -0.3 is 5.32 Å². The number of fused-ring (bicyclic) bond motifs is 2. The molecule has 0 bridgehead atoms. The highest BCUT2D eigenvalue weighted by Crippen LogP contribution is 2.36. The summed E-state index contributed by atoms with van der Waals surface area (Å²) >= 11 is 0. The Morgan fingerprint density at radius 1 is 0.625 bits per heavy atom. The number of nitrogens with zero attached hydrogens (tertiary/aromatic N) is 13. The SMILES string of the molecule is CC(C)c1nnc2ccc(-c3cn(C4CCN(S(C)(=O)=O)C4)nc3-c3ccc(F)cc3F)nn12.CC(C)c1nnc2ccc(-c3cn(C4CCNC4)nc3-c3ccc(F)cc3F)nn12. The second kappa shape index (κ2) is 16.9. The zero-order valence-electron chi connectivity index (χ0n) is 35.5. The Hall–Kier alpha value is -6.45. The molecule has 1 N–H and O–H groups in total. The van der Waals surface area contributed by atoms with Crippen molar-refractivity contribution in [1.82, 2.24) is 68.8 Å². The third-order valence-corrected chi connectivity index (χ3v) is 12.6. The van der Waals surface area contributed by atoms with E-state index >= 15 is 0 Å². The van der Waals surface area contributed by atoms with Crippen LogP contribution in [0.4, 0.5) is 17.6 Å². The minimum atomic E-state index is -3.33. The molecule has 0 radical (unpaired) electrons. The molecule has 2 unspecified atom stereocenters. The van der Waals surface area contributed by atoms with Crippen LogP contribution in [0.5, 0.6) is 0 Å². The predicted molar refractivity (Wildman–Crippen MR) is 229 cm³/mol. The fourth-order valence-corrected chi connectivity index (χ4v) is 8.88. The van der Waals surface area contributed by atoms with Crippen molar-refractivity contribution in [2.24, 2.45) is 0 Å². The van der Waals surface area contributed by atoms with Crippen molar-refractivity contribution in [3.63, 3.8) is 0 Å². The van der Waals surface area contributed by atoms with E-state index in [1.807, 2.05) is 50.7 Å². The Morgan fingerprint density at radius 3 is 1.55 bits per heavy atom. The summed E-state index contributed by atoms with van der Waals surface area (Å²) in [5.74, 6) is -1.07. The van der Waals surface area contributed by atoms with Crippen molar-refractivity contribution in [1.29, 1.82) is 0 Å². The molecule has 0 spiro atoms. The van der Waals surface area contributed by atoms with Crippen molar-refractivity contribution >= 4 is 21.3 Å². The molecular formula is C43H44F4N14O2S. The first-order valence-electron chi connectivity index (χ1n) is 20.8. The molecular weight excluding hydrogens is 853 g/mol. The lowest BCUT2D eigenvalue weighted by atomic mass is 10.1. The molecule has 0 aliphatic carbocycles. The van der Waals surface area contributed by atoms with E-state index in [0.717, 1.165) is 37.5 Å². The largest absolute Gasteiger partial charge is 0.315 e. The average Bonchev–Trinajstić information content (AvgIpc) is 4.11. The van der Waals surface area contributed by atoms with Crippen LogP contribution in [0.15, 0.2) is 73.1 Å². The number of hydrogen-bond donors (Lipinski definition) is 1. The smallest absolute Gasteiger partial charge is 0.211 e. The maximum absolute atomic E-state index is 14.8. The standard InChI is InChI=1S/C22H23F2N7O2S.C21H21F2N7/c1-13(2)22-26-25-20-7-6-19(27-31(20)22)17-12-30(15-8-9-29(11-15)34(3,32)33)28-21(17)16-5-4-14(23)10-18(16)24;1-12(2)21-26-25-19-6-5-18(27-30(19)21)16-11-29(14-7-8-24-10-14)28-20(16)15-4-3-13(22)9-17(15)23/h4-7,10,12-13,15H,8-9,11H2,1-3H3;3-6,9,11-12,14,24H,7-8,10H2,1-2H3. The summed E-state index contributed by atoms with van der Waals surface area (Å²) in [5.41, 5.74) is 4.67. The molecule has 0 saturated carbocycles. The summed E-state index contributed by atoms with van der Waals surface area (Å²) in [6.45, 7) is 10.4. The molecule has 10 rings (SSSR count). The zero-order chi connectivity index (χ0) is 45.0. The van der Waals surface area contributed by atoms with E-state index in [-0.39, 0.29) is 41.6 Å². The van der Waals surface area contributed by atoms with Crippen molar-refractivity contribution in [3.8, 4) is 45.0 Å². The monoisotopic (exact) mass is 896 g/mol. The Bertz CT molecular complexity index is 3140. The van der Waals surface area contributed by atoms with E-state index in [9.17, 15) is 26.0 Å². The maximum Gasteiger partial charge on any atom is 0.211 e. The highest BCUT2D eigenvalue weighted by Gasteiger charge is 2.32.